The highest BCUT2D eigenvalue weighted by Crippen LogP contribution is 2.21. The van der Waals surface area contributed by atoms with Crippen LogP contribution < -0.4 is 5.32 Å². The molecule has 2 aromatic rings. The van der Waals surface area contributed by atoms with Crippen molar-refractivity contribution in [3.8, 4) is 0 Å². The molecule has 0 spiro atoms. The Morgan fingerprint density at radius 2 is 1.92 bits per heavy atom. The van der Waals surface area contributed by atoms with E-state index in [0.717, 1.165) is 43.1 Å². The summed E-state index contributed by atoms with van der Waals surface area (Å²) >= 11 is 5.95. The van der Waals surface area contributed by atoms with Gasteiger partial charge >= 0.3 is 0 Å². The van der Waals surface area contributed by atoms with Crippen molar-refractivity contribution in [3.05, 3.63) is 70.7 Å². The molecular weight excluding hydrogens is 332 g/mol. The first kappa shape index (κ1) is 18.0. The van der Waals surface area contributed by atoms with E-state index in [9.17, 15) is 4.79 Å². The maximum atomic E-state index is 12.7. The van der Waals surface area contributed by atoms with Crippen LogP contribution in [0.4, 0.5) is 0 Å². The molecule has 1 saturated heterocycles. The molecule has 1 aliphatic rings. The average Bonchev–Trinajstić information content (AvgIpc) is 2.64. The van der Waals surface area contributed by atoms with E-state index in [1.807, 2.05) is 37.3 Å². The van der Waals surface area contributed by atoms with E-state index in [0.29, 0.717) is 0 Å². The lowest BCUT2D eigenvalue weighted by Crippen LogP contribution is -2.43. The highest BCUT2D eigenvalue weighted by atomic mass is 35.5. The Morgan fingerprint density at radius 1 is 1.20 bits per heavy atom. The van der Waals surface area contributed by atoms with Crippen molar-refractivity contribution in [2.45, 2.75) is 32.4 Å². The van der Waals surface area contributed by atoms with Crippen molar-refractivity contribution in [2.24, 2.45) is 5.92 Å². The largest absolute Gasteiger partial charge is 0.349 e. The van der Waals surface area contributed by atoms with E-state index >= 15 is 0 Å². The van der Waals surface area contributed by atoms with E-state index < -0.39 is 0 Å². The van der Waals surface area contributed by atoms with Gasteiger partial charge in [0.05, 0.1) is 12.0 Å². The number of rotatable bonds is 5. The molecular formula is C21H25ClN2O. The van der Waals surface area contributed by atoms with Crippen molar-refractivity contribution >= 4 is 17.5 Å². The molecule has 0 unspecified atom stereocenters. The zero-order valence-electron chi connectivity index (χ0n) is 14.6. The van der Waals surface area contributed by atoms with Crippen molar-refractivity contribution in [1.29, 1.82) is 0 Å². The first-order valence-corrected chi connectivity index (χ1v) is 9.32. The predicted molar refractivity (Wildman–Crippen MR) is 102 cm³/mol. The molecule has 25 heavy (non-hydrogen) atoms. The molecule has 1 N–H and O–H groups in total. The zero-order chi connectivity index (χ0) is 17.6. The van der Waals surface area contributed by atoms with Crippen LogP contribution >= 0.6 is 11.6 Å². The smallest absolute Gasteiger partial charge is 0.224 e. The Balaban J connectivity index is 1.55. The van der Waals surface area contributed by atoms with Crippen LogP contribution in [0.3, 0.4) is 0 Å². The van der Waals surface area contributed by atoms with Gasteiger partial charge in [0, 0.05) is 18.1 Å². The summed E-state index contributed by atoms with van der Waals surface area (Å²) in [5.74, 6) is 0.226. The van der Waals surface area contributed by atoms with Crippen LogP contribution in [0.1, 0.15) is 36.9 Å². The van der Waals surface area contributed by atoms with Crippen LogP contribution in [0, 0.1) is 5.92 Å². The summed E-state index contributed by atoms with van der Waals surface area (Å²) in [6.45, 7) is 4.77. The molecule has 0 bridgehead atoms. The second-order valence-corrected chi connectivity index (χ2v) is 7.28. The summed E-state index contributed by atoms with van der Waals surface area (Å²) in [7, 11) is 0. The van der Waals surface area contributed by atoms with Gasteiger partial charge in [0.1, 0.15) is 0 Å². The molecule has 132 valence electrons. The van der Waals surface area contributed by atoms with Gasteiger partial charge in [-0.2, -0.15) is 0 Å². The highest BCUT2D eigenvalue weighted by molar-refractivity contribution is 6.30. The molecule has 1 fully saturated rings. The van der Waals surface area contributed by atoms with Gasteiger partial charge < -0.3 is 5.32 Å². The molecule has 3 nitrogen and oxygen atoms in total. The molecule has 1 amide bonds. The lowest BCUT2D eigenvalue weighted by atomic mass is 9.96. The molecule has 0 aliphatic carbocycles. The molecule has 2 atom stereocenters. The first-order valence-electron chi connectivity index (χ1n) is 8.94. The monoisotopic (exact) mass is 356 g/mol. The lowest BCUT2D eigenvalue weighted by molar-refractivity contribution is -0.127. The van der Waals surface area contributed by atoms with Gasteiger partial charge in [-0.25, -0.2) is 0 Å². The number of nitrogens with zero attached hydrogens (tertiary/aromatic N) is 1. The molecule has 0 aromatic heterocycles. The minimum Gasteiger partial charge on any atom is -0.349 e. The van der Waals surface area contributed by atoms with E-state index in [1.54, 1.807) is 0 Å². The van der Waals surface area contributed by atoms with Gasteiger partial charge in [-0.3, -0.25) is 9.69 Å². The Hall–Kier alpha value is -1.84. The molecule has 3 rings (SSSR count). The summed E-state index contributed by atoms with van der Waals surface area (Å²) in [4.78, 5) is 15.0. The van der Waals surface area contributed by atoms with Gasteiger partial charge in [0.15, 0.2) is 0 Å². The van der Waals surface area contributed by atoms with Gasteiger partial charge in [0.2, 0.25) is 5.91 Å². The number of likely N-dealkylation sites (tertiary alicyclic amines) is 1. The maximum absolute atomic E-state index is 12.7. The SMILES string of the molecule is C[C@@H](NC(=O)[C@H]1CCCN(Cc2ccc(Cl)cc2)C1)c1ccccc1. The number of hydrogen-bond donors (Lipinski definition) is 1. The van der Waals surface area contributed by atoms with Gasteiger partial charge in [-0.1, -0.05) is 54.1 Å². The third kappa shape index (κ3) is 5.07. The number of carbonyl (C=O) groups is 1. The Labute approximate surface area is 155 Å². The third-order valence-corrected chi connectivity index (χ3v) is 5.11. The van der Waals surface area contributed by atoms with Crippen molar-refractivity contribution < 1.29 is 4.79 Å². The summed E-state index contributed by atoms with van der Waals surface area (Å²) < 4.78 is 0. The molecule has 4 heteroatoms. The quantitative estimate of drug-likeness (QED) is 0.859. The molecule has 2 aromatic carbocycles. The standard InChI is InChI=1S/C21H25ClN2O/c1-16(18-6-3-2-4-7-18)23-21(25)19-8-5-13-24(15-19)14-17-9-11-20(22)12-10-17/h2-4,6-7,9-12,16,19H,5,8,13-15H2,1H3,(H,23,25)/t16-,19+/m1/s1. The normalized spacial score (nSPS) is 19.4. The van der Waals surface area contributed by atoms with Crippen LogP contribution in [-0.2, 0) is 11.3 Å². The summed E-state index contributed by atoms with van der Waals surface area (Å²) in [5, 5.41) is 3.93. The fourth-order valence-corrected chi connectivity index (χ4v) is 3.54. The minimum absolute atomic E-state index is 0.0420. The fourth-order valence-electron chi connectivity index (χ4n) is 3.42. The summed E-state index contributed by atoms with van der Waals surface area (Å²) in [5.41, 5.74) is 2.38. The van der Waals surface area contributed by atoms with E-state index in [2.05, 4.69) is 34.5 Å². The van der Waals surface area contributed by atoms with E-state index in [-0.39, 0.29) is 17.9 Å². The van der Waals surface area contributed by atoms with Gasteiger partial charge in [0.25, 0.3) is 0 Å². The van der Waals surface area contributed by atoms with Crippen LogP contribution in [0.5, 0.6) is 0 Å². The Morgan fingerprint density at radius 3 is 2.64 bits per heavy atom. The highest BCUT2D eigenvalue weighted by Gasteiger charge is 2.26. The van der Waals surface area contributed by atoms with Crippen LogP contribution in [0.25, 0.3) is 0 Å². The van der Waals surface area contributed by atoms with Crippen molar-refractivity contribution in [1.82, 2.24) is 10.2 Å². The number of hydrogen-bond acceptors (Lipinski definition) is 2. The zero-order valence-corrected chi connectivity index (χ0v) is 15.4. The van der Waals surface area contributed by atoms with Crippen molar-refractivity contribution in [3.63, 3.8) is 0 Å². The Bertz CT molecular complexity index is 687. The third-order valence-electron chi connectivity index (χ3n) is 4.85. The van der Waals surface area contributed by atoms with Crippen LogP contribution in [0.15, 0.2) is 54.6 Å². The number of benzene rings is 2. The average molecular weight is 357 g/mol. The lowest BCUT2D eigenvalue weighted by Gasteiger charge is -2.32. The molecule has 1 aliphatic heterocycles. The van der Waals surface area contributed by atoms with E-state index in [4.69, 9.17) is 11.6 Å². The van der Waals surface area contributed by atoms with Crippen molar-refractivity contribution in [2.75, 3.05) is 13.1 Å². The number of carbonyl (C=O) groups excluding carboxylic acids is 1. The van der Waals surface area contributed by atoms with Gasteiger partial charge in [-0.05, 0) is 49.6 Å². The minimum atomic E-state index is 0.0420. The summed E-state index contributed by atoms with van der Waals surface area (Å²) in [6, 6.07) is 18.1. The van der Waals surface area contributed by atoms with E-state index in [1.165, 1.54) is 5.56 Å². The number of nitrogens with one attached hydrogen (secondary N) is 1. The molecule has 0 saturated carbocycles. The second kappa shape index (κ2) is 8.50. The van der Waals surface area contributed by atoms with Crippen LogP contribution in [-0.4, -0.2) is 23.9 Å². The number of piperidine rings is 1. The van der Waals surface area contributed by atoms with Gasteiger partial charge in [-0.15, -0.1) is 0 Å². The Kier molecular flexibility index (Phi) is 6.11. The fraction of sp³-hybridized carbons (Fsp3) is 0.381. The second-order valence-electron chi connectivity index (χ2n) is 6.84. The summed E-state index contributed by atoms with van der Waals surface area (Å²) in [6.07, 6.45) is 2.02. The molecule has 1 heterocycles. The topological polar surface area (TPSA) is 32.3 Å². The number of amides is 1. The first-order chi connectivity index (χ1) is 12.1. The molecule has 0 radical (unpaired) electrons. The van der Waals surface area contributed by atoms with Crippen LogP contribution in [0.2, 0.25) is 5.02 Å². The maximum Gasteiger partial charge on any atom is 0.224 e. The number of halogens is 1. The predicted octanol–water partition coefficient (Wildman–Crippen LogP) is 4.43.